The number of carbonyl (C=O) groups excluding carboxylic acids is 1. The van der Waals surface area contributed by atoms with Gasteiger partial charge in [-0.1, -0.05) is 20.8 Å². The SMILES string of the molecule is CC(C)(C)CC(N)CC(=O)NCC1COC(C)(C)O1. The topological polar surface area (TPSA) is 73.6 Å². The summed E-state index contributed by atoms with van der Waals surface area (Å²) in [6.45, 7) is 11.1. The summed E-state index contributed by atoms with van der Waals surface area (Å²) in [5.74, 6) is -0.567. The van der Waals surface area contributed by atoms with Crippen molar-refractivity contribution in [3.63, 3.8) is 0 Å². The highest BCUT2D eigenvalue weighted by molar-refractivity contribution is 5.76. The molecule has 0 spiro atoms. The van der Waals surface area contributed by atoms with Crippen molar-refractivity contribution in [1.29, 1.82) is 0 Å². The molecule has 1 saturated heterocycles. The molecule has 3 N–H and O–H groups in total. The molecule has 0 aromatic rings. The van der Waals surface area contributed by atoms with Gasteiger partial charge in [0.2, 0.25) is 5.91 Å². The molecule has 2 unspecified atom stereocenters. The van der Waals surface area contributed by atoms with Crippen LogP contribution in [0.15, 0.2) is 0 Å². The normalized spacial score (nSPS) is 24.2. The van der Waals surface area contributed by atoms with E-state index in [1.165, 1.54) is 0 Å². The van der Waals surface area contributed by atoms with Crippen molar-refractivity contribution >= 4 is 5.91 Å². The van der Waals surface area contributed by atoms with E-state index in [0.717, 1.165) is 6.42 Å². The third-order valence-corrected chi connectivity index (χ3v) is 2.92. The highest BCUT2D eigenvalue weighted by Crippen LogP contribution is 2.22. The maximum absolute atomic E-state index is 11.8. The monoisotopic (exact) mass is 272 g/mol. The van der Waals surface area contributed by atoms with E-state index in [9.17, 15) is 4.79 Å². The van der Waals surface area contributed by atoms with Crippen LogP contribution < -0.4 is 11.1 Å². The number of hydrogen-bond acceptors (Lipinski definition) is 4. The fourth-order valence-corrected chi connectivity index (χ4v) is 2.26. The molecule has 1 aliphatic heterocycles. The lowest BCUT2D eigenvalue weighted by molar-refractivity contribution is -0.139. The summed E-state index contributed by atoms with van der Waals surface area (Å²) < 4.78 is 11.1. The Kier molecular flexibility index (Phi) is 5.35. The highest BCUT2D eigenvalue weighted by Gasteiger charge is 2.32. The first-order valence-electron chi connectivity index (χ1n) is 6.91. The fraction of sp³-hybridized carbons (Fsp3) is 0.929. The van der Waals surface area contributed by atoms with Crippen molar-refractivity contribution in [2.45, 2.75) is 65.4 Å². The number of rotatable bonds is 5. The molecule has 2 atom stereocenters. The van der Waals surface area contributed by atoms with Crippen LogP contribution in [-0.4, -0.2) is 37.0 Å². The lowest BCUT2D eigenvalue weighted by Gasteiger charge is -2.23. The number of nitrogens with two attached hydrogens (primary N) is 1. The number of carbonyl (C=O) groups is 1. The summed E-state index contributed by atoms with van der Waals surface area (Å²) in [4.78, 5) is 11.8. The Bertz CT molecular complexity index is 310. The molecular weight excluding hydrogens is 244 g/mol. The second-order valence-corrected chi connectivity index (χ2v) is 6.98. The van der Waals surface area contributed by atoms with Crippen LogP contribution in [0, 0.1) is 5.41 Å². The molecule has 0 aromatic carbocycles. The van der Waals surface area contributed by atoms with Crippen molar-refractivity contribution in [3.8, 4) is 0 Å². The Hall–Kier alpha value is -0.650. The third-order valence-electron chi connectivity index (χ3n) is 2.92. The van der Waals surface area contributed by atoms with Gasteiger partial charge in [0.05, 0.1) is 6.61 Å². The minimum atomic E-state index is -0.544. The van der Waals surface area contributed by atoms with Gasteiger partial charge in [-0.2, -0.15) is 0 Å². The molecule has 0 aliphatic carbocycles. The third kappa shape index (κ3) is 6.89. The van der Waals surface area contributed by atoms with Gasteiger partial charge in [0, 0.05) is 19.0 Å². The van der Waals surface area contributed by atoms with Gasteiger partial charge in [-0.05, 0) is 25.7 Å². The molecule has 1 aliphatic rings. The molecule has 0 aromatic heterocycles. The zero-order chi connectivity index (χ0) is 14.7. The van der Waals surface area contributed by atoms with Crippen molar-refractivity contribution in [3.05, 3.63) is 0 Å². The largest absolute Gasteiger partial charge is 0.353 e. The average molecular weight is 272 g/mol. The molecular formula is C14H28N2O3. The van der Waals surface area contributed by atoms with Gasteiger partial charge in [0.25, 0.3) is 0 Å². The van der Waals surface area contributed by atoms with E-state index in [1.54, 1.807) is 0 Å². The quantitative estimate of drug-likeness (QED) is 0.793. The molecule has 1 heterocycles. The fourth-order valence-electron chi connectivity index (χ4n) is 2.26. The zero-order valence-corrected chi connectivity index (χ0v) is 12.8. The van der Waals surface area contributed by atoms with Gasteiger partial charge in [-0.25, -0.2) is 0 Å². The smallest absolute Gasteiger partial charge is 0.221 e. The van der Waals surface area contributed by atoms with E-state index in [-0.39, 0.29) is 23.5 Å². The Morgan fingerprint density at radius 1 is 1.47 bits per heavy atom. The van der Waals surface area contributed by atoms with Crippen molar-refractivity contribution in [1.82, 2.24) is 5.32 Å². The van der Waals surface area contributed by atoms with Crippen LogP contribution >= 0.6 is 0 Å². The van der Waals surface area contributed by atoms with E-state index in [4.69, 9.17) is 15.2 Å². The summed E-state index contributed by atoms with van der Waals surface area (Å²) in [5, 5.41) is 2.86. The summed E-state index contributed by atoms with van der Waals surface area (Å²) >= 11 is 0. The molecule has 1 rings (SSSR count). The summed E-state index contributed by atoms with van der Waals surface area (Å²) in [6.07, 6.45) is 1.11. The molecule has 19 heavy (non-hydrogen) atoms. The predicted molar refractivity (Wildman–Crippen MR) is 74.6 cm³/mol. The van der Waals surface area contributed by atoms with Crippen LogP contribution in [0.25, 0.3) is 0 Å². The minimum absolute atomic E-state index is 0.0231. The number of ether oxygens (including phenoxy) is 2. The van der Waals surface area contributed by atoms with Gasteiger partial charge >= 0.3 is 0 Å². The zero-order valence-electron chi connectivity index (χ0n) is 12.8. The number of nitrogens with one attached hydrogen (secondary N) is 1. The molecule has 1 amide bonds. The van der Waals surface area contributed by atoms with Crippen LogP contribution in [-0.2, 0) is 14.3 Å². The lowest BCUT2D eigenvalue weighted by Crippen LogP contribution is -2.38. The Balaban J connectivity index is 2.22. The standard InChI is InChI=1S/C14H28N2O3/c1-13(2,3)7-10(15)6-12(17)16-8-11-9-18-14(4,5)19-11/h10-11H,6-9,15H2,1-5H3,(H,16,17). The number of hydrogen-bond donors (Lipinski definition) is 2. The Morgan fingerprint density at radius 3 is 2.58 bits per heavy atom. The van der Waals surface area contributed by atoms with Gasteiger partial charge in [0.1, 0.15) is 6.10 Å². The maximum Gasteiger partial charge on any atom is 0.221 e. The van der Waals surface area contributed by atoms with Gasteiger partial charge in [-0.3, -0.25) is 4.79 Å². The summed E-state index contributed by atoms with van der Waals surface area (Å²) in [7, 11) is 0. The molecule has 112 valence electrons. The molecule has 5 nitrogen and oxygen atoms in total. The molecule has 1 fully saturated rings. The maximum atomic E-state index is 11.8. The van der Waals surface area contributed by atoms with Crippen LogP contribution in [0.1, 0.15) is 47.5 Å². The van der Waals surface area contributed by atoms with Crippen molar-refractivity contribution in [2.75, 3.05) is 13.2 Å². The Labute approximate surface area is 116 Å². The average Bonchev–Trinajstić information content (AvgIpc) is 2.52. The van der Waals surface area contributed by atoms with Crippen LogP contribution in [0.3, 0.4) is 0 Å². The number of amides is 1. The van der Waals surface area contributed by atoms with E-state index >= 15 is 0 Å². The summed E-state index contributed by atoms with van der Waals surface area (Å²) in [6, 6.07) is -0.0998. The second kappa shape index (κ2) is 6.20. The van der Waals surface area contributed by atoms with Crippen LogP contribution in [0.5, 0.6) is 0 Å². The first kappa shape index (κ1) is 16.4. The highest BCUT2D eigenvalue weighted by atomic mass is 16.7. The first-order valence-corrected chi connectivity index (χ1v) is 6.91. The van der Waals surface area contributed by atoms with Gasteiger partial charge in [-0.15, -0.1) is 0 Å². The van der Waals surface area contributed by atoms with Gasteiger partial charge in [0.15, 0.2) is 5.79 Å². The van der Waals surface area contributed by atoms with Crippen molar-refractivity contribution < 1.29 is 14.3 Å². The summed E-state index contributed by atoms with van der Waals surface area (Å²) in [5.41, 5.74) is 6.12. The van der Waals surface area contributed by atoms with E-state index < -0.39 is 5.79 Å². The second-order valence-electron chi connectivity index (χ2n) is 6.98. The minimum Gasteiger partial charge on any atom is -0.353 e. The molecule has 0 radical (unpaired) electrons. The van der Waals surface area contributed by atoms with Crippen LogP contribution in [0.4, 0.5) is 0 Å². The lowest BCUT2D eigenvalue weighted by atomic mass is 9.87. The molecule has 5 heteroatoms. The molecule has 0 saturated carbocycles. The van der Waals surface area contributed by atoms with E-state index in [1.807, 2.05) is 13.8 Å². The first-order chi connectivity index (χ1) is 8.57. The van der Waals surface area contributed by atoms with Gasteiger partial charge < -0.3 is 20.5 Å². The van der Waals surface area contributed by atoms with Crippen LogP contribution in [0.2, 0.25) is 0 Å². The molecule has 0 bridgehead atoms. The van der Waals surface area contributed by atoms with Crippen molar-refractivity contribution in [2.24, 2.45) is 11.1 Å². The Morgan fingerprint density at radius 2 is 2.11 bits per heavy atom. The predicted octanol–water partition coefficient (Wildman–Crippen LogP) is 1.41. The van der Waals surface area contributed by atoms with E-state index in [0.29, 0.717) is 19.6 Å². The van der Waals surface area contributed by atoms with E-state index in [2.05, 4.69) is 26.1 Å².